The van der Waals surface area contributed by atoms with Crippen molar-refractivity contribution in [1.29, 1.82) is 0 Å². The van der Waals surface area contributed by atoms with Crippen molar-refractivity contribution in [3.05, 3.63) is 28.8 Å². The average Bonchev–Trinajstić information content (AvgIpc) is 2.77. The summed E-state index contributed by atoms with van der Waals surface area (Å²) < 4.78 is 0. The van der Waals surface area contributed by atoms with Gasteiger partial charge in [-0.3, -0.25) is 4.79 Å². The fraction of sp³-hybridized carbons (Fsp3) is 0.758. The predicted molar refractivity (Wildman–Crippen MR) is 154 cm³/mol. The van der Waals surface area contributed by atoms with Crippen molar-refractivity contribution in [3.63, 3.8) is 0 Å². The second-order valence-corrected chi connectivity index (χ2v) is 13.0. The van der Waals surface area contributed by atoms with Crippen molar-refractivity contribution in [2.75, 3.05) is 0 Å². The number of benzene rings is 1. The van der Waals surface area contributed by atoms with Crippen molar-refractivity contribution in [2.45, 2.75) is 162 Å². The number of unbranched alkanes of at least 4 members (excludes halogenated alkanes) is 13. The molecule has 0 radical (unpaired) electrons. The van der Waals surface area contributed by atoms with Gasteiger partial charge in [-0.1, -0.05) is 119 Å². The zero-order valence-corrected chi connectivity index (χ0v) is 24.7. The number of phenols is 1. The van der Waals surface area contributed by atoms with E-state index in [1.807, 2.05) is 12.1 Å². The van der Waals surface area contributed by atoms with Gasteiger partial charge in [0.15, 0.2) is 5.78 Å². The van der Waals surface area contributed by atoms with E-state index in [1.165, 1.54) is 70.6 Å². The van der Waals surface area contributed by atoms with E-state index in [4.69, 9.17) is 0 Å². The Morgan fingerprint density at radius 3 is 1.19 bits per heavy atom. The summed E-state index contributed by atoms with van der Waals surface area (Å²) in [5.41, 5.74) is 2.05. The zero-order valence-electron chi connectivity index (χ0n) is 24.7. The molecule has 3 nitrogen and oxygen atoms in total. The van der Waals surface area contributed by atoms with E-state index in [9.17, 15) is 14.7 Å². The summed E-state index contributed by atoms with van der Waals surface area (Å²) in [5, 5.41) is 10.9. The van der Waals surface area contributed by atoms with Crippen LogP contribution in [-0.2, 0) is 15.6 Å². The Morgan fingerprint density at radius 1 is 0.583 bits per heavy atom. The smallest absolute Gasteiger partial charge is 0.162 e. The van der Waals surface area contributed by atoms with Crippen LogP contribution < -0.4 is 0 Å². The van der Waals surface area contributed by atoms with Crippen LogP contribution >= 0.6 is 0 Å². The Labute approximate surface area is 222 Å². The van der Waals surface area contributed by atoms with Gasteiger partial charge in [-0.15, -0.1) is 0 Å². The Kier molecular flexibility index (Phi) is 14.6. The van der Waals surface area contributed by atoms with E-state index in [1.54, 1.807) is 6.92 Å². The Morgan fingerprint density at radius 2 is 0.889 bits per heavy atom. The first kappa shape index (κ1) is 32.4. The van der Waals surface area contributed by atoms with Crippen LogP contribution in [0.1, 0.15) is 173 Å². The number of Topliss-reactive ketones (excluding diaryl/α,β-unsaturated/α-hetero) is 2. The number of rotatable bonds is 18. The van der Waals surface area contributed by atoms with Crippen molar-refractivity contribution in [1.82, 2.24) is 0 Å². The summed E-state index contributed by atoms with van der Waals surface area (Å²) in [5.74, 6) is 0.861. The topological polar surface area (TPSA) is 54.4 Å². The maximum Gasteiger partial charge on any atom is 0.162 e. The molecule has 0 heterocycles. The quantitative estimate of drug-likeness (QED) is 0.161. The van der Waals surface area contributed by atoms with Gasteiger partial charge in [-0.2, -0.15) is 0 Å². The van der Waals surface area contributed by atoms with Gasteiger partial charge < -0.3 is 9.90 Å². The van der Waals surface area contributed by atoms with Crippen molar-refractivity contribution in [3.8, 4) is 5.75 Å². The number of hydrogen-bond acceptors (Lipinski definition) is 3. The van der Waals surface area contributed by atoms with Crippen molar-refractivity contribution in [2.24, 2.45) is 0 Å². The molecule has 1 rings (SSSR count). The second-order valence-electron chi connectivity index (χ2n) is 13.0. The van der Waals surface area contributed by atoms with Gasteiger partial charge in [0, 0.05) is 29.5 Å². The number of phenolic OH excluding ortho intramolecular Hbond substituents is 1. The molecule has 3 heteroatoms. The second kappa shape index (κ2) is 16.3. The van der Waals surface area contributed by atoms with Gasteiger partial charge in [0.2, 0.25) is 0 Å². The van der Waals surface area contributed by atoms with Crippen LogP contribution in [0.4, 0.5) is 0 Å². The first-order valence-corrected chi connectivity index (χ1v) is 14.7. The standard InChI is InChI=1S/C33H56O3/c1-26(34)22-20-18-16-14-12-10-8-9-11-13-15-17-19-21-23-30(35)27-24-28(32(2,3)4)31(36)29(25-27)33(5,6)7/h24-25,36H,8-23H2,1-7H3. The van der Waals surface area contributed by atoms with Crippen LogP contribution in [0, 0.1) is 0 Å². The monoisotopic (exact) mass is 500 g/mol. The van der Waals surface area contributed by atoms with Gasteiger partial charge >= 0.3 is 0 Å². The van der Waals surface area contributed by atoms with E-state index in [2.05, 4.69) is 41.5 Å². The Hall–Kier alpha value is -1.64. The van der Waals surface area contributed by atoms with Gasteiger partial charge in [0.25, 0.3) is 0 Å². The summed E-state index contributed by atoms with van der Waals surface area (Å²) in [4.78, 5) is 23.9. The maximum absolute atomic E-state index is 13.0. The minimum atomic E-state index is -0.211. The minimum absolute atomic E-state index is 0.199. The Balaban J connectivity index is 2.22. The van der Waals surface area contributed by atoms with Crippen LogP contribution in [-0.4, -0.2) is 16.7 Å². The van der Waals surface area contributed by atoms with Crippen molar-refractivity contribution >= 4 is 11.6 Å². The molecule has 0 fully saturated rings. The number of hydrogen-bond donors (Lipinski definition) is 1. The molecule has 0 spiro atoms. The normalized spacial score (nSPS) is 12.2. The molecule has 0 atom stereocenters. The molecule has 1 N–H and O–H groups in total. The lowest BCUT2D eigenvalue weighted by molar-refractivity contribution is -0.117. The maximum atomic E-state index is 13.0. The average molecular weight is 501 g/mol. The van der Waals surface area contributed by atoms with Crippen LogP contribution in [0.2, 0.25) is 0 Å². The number of carbonyl (C=O) groups is 2. The molecule has 36 heavy (non-hydrogen) atoms. The lowest BCUT2D eigenvalue weighted by Gasteiger charge is -2.28. The van der Waals surface area contributed by atoms with E-state index in [0.29, 0.717) is 18.0 Å². The predicted octanol–water partition coefficient (Wildman–Crippen LogP) is 10.0. The molecule has 1 aromatic rings. The van der Waals surface area contributed by atoms with E-state index >= 15 is 0 Å². The summed E-state index contributed by atoms with van der Waals surface area (Å²) in [6.45, 7) is 14.2. The first-order chi connectivity index (χ1) is 16.8. The fourth-order valence-electron chi connectivity index (χ4n) is 4.86. The van der Waals surface area contributed by atoms with Crippen LogP contribution in [0.5, 0.6) is 5.75 Å². The summed E-state index contributed by atoms with van der Waals surface area (Å²) in [6, 6.07) is 3.84. The fourth-order valence-corrected chi connectivity index (χ4v) is 4.86. The molecule has 0 amide bonds. The van der Waals surface area contributed by atoms with Crippen LogP contribution in [0.3, 0.4) is 0 Å². The molecule has 0 unspecified atom stereocenters. The Bertz CT molecular complexity index is 757. The molecule has 0 aromatic heterocycles. The molecule has 0 aliphatic carbocycles. The van der Waals surface area contributed by atoms with E-state index in [0.717, 1.165) is 42.4 Å². The number of carbonyl (C=O) groups excluding carboxylic acids is 2. The minimum Gasteiger partial charge on any atom is -0.507 e. The highest BCUT2D eigenvalue weighted by molar-refractivity contribution is 5.96. The molecule has 0 saturated carbocycles. The molecular weight excluding hydrogens is 444 g/mol. The van der Waals surface area contributed by atoms with Crippen molar-refractivity contribution < 1.29 is 14.7 Å². The molecule has 0 saturated heterocycles. The third kappa shape index (κ3) is 13.1. The lowest BCUT2D eigenvalue weighted by Crippen LogP contribution is -2.18. The van der Waals surface area contributed by atoms with Gasteiger partial charge in [0.1, 0.15) is 11.5 Å². The summed E-state index contributed by atoms with van der Waals surface area (Å²) in [6.07, 6.45) is 18.8. The number of ketones is 2. The molecule has 1 aromatic carbocycles. The summed E-state index contributed by atoms with van der Waals surface area (Å²) >= 11 is 0. The SMILES string of the molecule is CC(=O)CCCCCCCCCCCCCCCCC(=O)c1cc(C(C)(C)C)c(O)c(C(C)(C)C)c1. The first-order valence-electron chi connectivity index (χ1n) is 14.7. The zero-order chi connectivity index (χ0) is 27.2. The molecular formula is C33H56O3. The highest BCUT2D eigenvalue weighted by Crippen LogP contribution is 2.40. The summed E-state index contributed by atoms with van der Waals surface area (Å²) in [7, 11) is 0. The van der Waals surface area contributed by atoms with E-state index in [-0.39, 0.29) is 16.6 Å². The largest absolute Gasteiger partial charge is 0.507 e. The molecule has 0 aliphatic heterocycles. The van der Waals surface area contributed by atoms with Gasteiger partial charge in [0.05, 0.1) is 0 Å². The third-order valence-electron chi connectivity index (χ3n) is 7.23. The van der Waals surface area contributed by atoms with E-state index < -0.39 is 0 Å². The highest BCUT2D eigenvalue weighted by Gasteiger charge is 2.27. The molecule has 0 bridgehead atoms. The highest BCUT2D eigenvalue weighted by atomic mass is 16.3. The van der Waals surface area contributed by atoms with Gasteiger partial charge in [-0.25, -0.2) is 0 Å². The molecule has 206 valence electrons. The van der Waals surface area contributed by atoms with Crippen LogP contribution in [0.25, 0.3) is 0 Å². The van der Waals surface area contributed by atoms with Gasteiger partial charge in [-0.05, 0) is 42.7 Å². The molecule has 0 aliphatic rings. The lowest BCUT2D eigenvalue weighted by atomic mass is 9.78. The third-order valence-corrected chi connectivity index (χ3v) is 7.23. The van der Waals surface area contributed by atoms with Crippen LogP contribution in [0.15, 0.2) is 12.1 Å². The number of aromatic hydroxyl groups is 1.